The molecule has 0 fully saturated rings. The van der Waals surface area contributed by atoms with Crippen LogP contribution < -0.4 is 0 Å². The van der Waals surface area contributed by atoms with Gasteiger partial charge in [-0.1, -0.05) is 22.6 Å². The van der Waals surface area contributed by atoms with E-state index < -0.39 is 0 Å². The number of hydrogen-bond acceptors (Lipinski definition) is 2. The predicted octanol–water partition coefficient (Wildman–Crippen LogP) is 1.54. The average molecular weight is 225 g/mol. The standard InChI is InChI=1S/C5H8INO/c6-3-1-2-4-7-5-8/h1-4H2. The maximum Gasteiger partial charge on any atom is 0.234 e. The van der Waals surface area contributed by atoms with E-state index in [2.05, 4.69) is 27.6 Å². The molecule has 0 unspecified atom stereocenters. The number of carbonyl (C=O) groups excluding carboxylic acids is 1. The van der Waals surface area contributed by atoms with Crippen LogP contribution in [0.15, 0.2) is 4.99 Å². The van der Waals surface area contributed by atoms with Gasteiger partial charge in [0.15, 0.2) is 0 Å². The number of halogens is 1. The van der Waals surface area contributed by atoms with Crippen molar-refractivity contribution in [3.05, 3.63) is 0 Å². The molecule has 0 saturated heterocycles. The van der Waals surface area contributed by atoms with Crippen LogP contribution in [0, 0.1) is 0 Å². The van der Waals surface area contributed by atoms with Gasteiger partial charge in [-0.2, -0.15) is 0 Å². The Bertz CT molecular complexity index is 88.4. The third-order valence-corrected chi connectivity index (χ3v) is 1.48. The highest BCUT2D eigenvalue weighted by molar-refractivity contribution is 14.1. The fourth-order valence-corrected chi connectivity index (χ4v) is 0.870. The van der Waals surface area contributed by atoms with Crippen molar-refractivity contribution in [1.82, 2.24) is 0 Å². The first-order valence-electron chi connectivity index (χ1n) is 2.51. The summed E-state index contributed by atoms with van der Waals surface area (Å²) < 4.78 is 1.14. The number of nitrogens with zero attached hydrogens (tertiary/aromatic N) is 1. The molecule has 0 aliphatic heterocycles. The molecule has 0 radical (unpaired) electrons. The van der Waals surface area contributed by atoms with Crippen LogP contribution in [-0.2, 0) is 4.79 Å². The molecule has 0 spiro atoms. The first kappa shape index (κ1) is 8.11. The van der Waals surface area contributed by atoms with Gasteiger partial charge in [0.1, 0.15) is 0 Å². The molecular weight excluding hydrogens is 217 g/mol. The van der Waals surface area contributed by atoms with E-state index in [9.17, 15) is 4.79 Å². The number of unbranched alkanes of at least 4 members (excludes halogenated alkanes) is 1. The summed E-state index contributed by atoms with van der Waals surface area (Å²) in [5.74, 6) is 0. The second-order valence-electron chi connectivity index (χ2n) is 1.37. The van der Waals surface area contributed by atoms with Gasteiger partial charge in [0, 0.05) is 0 Å². The third-order valence-electron chi connectivity index (χ3n) is 0.718. The van der Waals surface area contributed by atoms with Crippen molar-refractivity contribution >= 4 is 28.7 Å². The van der Waals surface area contributed by atoms with Crippen molar-refractivity contribution in [2.24, 2.45) is 4.99 Å². The van der Waals surface area contributed by atoms with Gasteiger partial charge in [0.2, 0.25) is 6.08 Å². The highest BCUT2D eigenvalue weighted by Crippen LogP contribution is 1.93. The summed E-state index contributed by atoms with van der Waals surface area (Å²) in [5, 5.41) is 0. The second-order valence-corrected chi connectivity index (χ2v) is 2.45. The van der Waals surface area contributed by atoms with E-state index in [-0.39, 0.29) is 0 Å². The lowest BCUT2D eigenvalue weighted by molar-refractivity contribution is 0.562. The zero-order valence-corrected chi connectivity index (χ0v) is 6.72. The number of alkyl halides is 1. The summed E-state index contributed by atoms with van der Waals surface area (Å²) in [6, 6.07) is 0. The van der Waals surface area contributed by atoms with E-state index >= 15 is 0 Å². The number of aliphatic imine (C=N–C) groups is 1. The normalized spacial score (nSPS) is 8.12. The SMILES string of the molecule is O=C=NCCCCI. The maximum atomic E-state index is 9.47. The van der Waals surface area contributed by atoms with Crippen molar-refractivity contribution in [2.75, 3.05) is 11.0 Å². The van der Waals surface area contributed by atoms with E-state index in [0.717, 1.165) is 17.3 Å². The van der Waals surface area contributed by atoms with Crippen LogP contribution in [-0.4, -0.2) is 17.1 Å². The highest BCUT2D eigenvalue weighted by Gasteiger charge is 1.80. The van der Waals surface area contributed by atoms with Crippen molar-refractivity contribution in [3.63, 3.8) is 0 Å². The summed E-state index contributed by atoms with van der Waals surface area (Å²) in [5.41, 5.74) is 0. The largest absolute Gasteiger partial charge is 0.234 e. The van der Waals surface area contributed by atoms with Gasteiger partial charge in [-0.3, -0.25) is 0 Å². The minimum atomic E-state index is 0.645. The van der Waals surface area contributed by atoms with Crippen LogP contribution in [0.25, 0.3) is 0 Å². The first-order chi connectivity index (χ1) is 3.91. The van der Waals surface area contributed by atoms with Crippen molar-refractivity contribution < 1.29 is 4.79 Å². The molecule has 0 aliphatic rings. The Balaban J connectivity index is 2.82. The van der Waals surface area contributed by atoms with E-state index in [1.807, 2.05) is 0 Å². The van der Waals surface area contributed by atoms with Crippen LogP contribution in [0.4, 0.5) is 0 Å². The van der Waals surface area contributed by atoms with E-state index in [1.54, 1.807) is 0 Å². The lowest BCUT2D eigenvalue weighted by Gasteiger charge is -1.85. The third kappa shape index (κ3) is 6.11. The molecule has 0 saturated carbocycles. The van der Waals surface area contributed by atoms with Crippen LogP contribution in [0.2, 0.25) is 0 Å². The van der Waals surface area contributed by atoms with Crippen LogP contribution >= 0.6 is 22.6 Å². The molecule has 3 heteroatoms. The van der Waals surface area contributed by atoms with E-state index in [1.165, 1.54) is 6.08 Å². The van der Waals surface area contributed by atoms with Gasteiger partial charge in [-0.15, -0.1) is 0 Å². The van der Waals surface area contributed by atoms with Crippen LogP contribution in [0.5, 0.6) is 0 Å². The zero-order valence-electron chi connectivity index (χ0n) is 4.56. The van der Waals surface area contributed by atoms with Crippen LogP contribution in [0.3, 0.4) is 0 Å². The van der Waals surface area contributed by atoms with E-state index in [0.29, 0.717) is 6.54 Å². The molecular formula is C5H8INO. The molecule has 0 aliphatic carbocycles. The van der Waals surface area contributed by atoms with Gasteiger partial charge in [-0.05, 0) is 17.3 Å². The Hall–Kier alpha value is 0.110. The summed E-state index contributed by atoms with van der Waals surface area (Å²) in [6.07, 6.45) is 3.66. The van der Waals surface area contributed by atoms with Crippen molar-refractivity contribution in [3.8, 4) is 0 Å². The maximum absolute atomic E-state index is 9.47. The zero-order chi connectivity index (χ0) is 6.24. The Labute approximate surface area is 62.5 Å². The Morgan fingerprint density at radius 2 is 2.25 bits per heavy atom. The summed E-state index contributed by atoms with van der Waals surface area (Å²) in [6.45, 7) is 0.645. The van der Waals surface area contributed by atoms with E-state index in [4.69, 9.17) is 0 Å². The number of hydrogen-bond donors (Lipinski definition) is 0. The number of rotatable bonds is 4. The average Bonchev–Trinajstić information content (AvgIpc) is 1.81. The molecule has 0 amide bonds. The minimum Gasteiger partial charge on any atom is -0.211 e. The molecule has 0 N–H and O–H groups in total. The molecule has 46 valence electrons. The number of isocyanates is 1. The quantitative estimate of drug-likeness (QED) is 0.234. The molecule has 0 bridgehead atoms. The van der Waals surface area contributed by atoms with Gasteiger partial charge < -0.3 is 0 Å². The molecule has 0 aromatic rings. The molecule has 0 heterocycles. The predicted molar refractivity (Wildman–Crippen MR) is 41.1 cm³/mol. The highest BCUT2D eigenvalue weighted by atomic mass is 127. The van der Waals surface area contributed by atoms with Gasteiger partial charge >= 0.3 is 0 Å². The summed E-state index contributed by atoms with van der Waals surface area (Å²) in [4.78, 5) is 12.9. The minimum absolute atomic E-state index is 0.645. The fourth-order valence-electron chi connectivity index (χ4n) is 0.331. The molecule has 2 nitrogen and oxygen atoms in total. The summed E-state index contributed by atoms with van der Waals surface area (Å²) in [7, 11) is 0. The van der Waals surface area contributed by atoms with Gasteiger partial charge in [0.25, 0.3) is 0 Å². The molecule has 0 rings (SSSR count). The fraction of sp³-hybridized carbons (Fsp3) is 0.800. The Morgan fingerprint density at radius 3 is 2.75 bits per heavy atom. The molecule has 0 atom stereocenters. The van der Waals surface area contributed by atoms with Crippen molar-refractivity contribution in [1.29, 1.82) is 0 Å². The Kier molecular flexibility index (Phi) is 7.21. The first-order valence-corrected chi connectivity index (χ1v) is 4.04. The Morgan fingerprint density at radius 1 is 1.50 bits per heavy atom. The van der Waals surface area contributed by atoms with Crippen molar-refractivity contribution in [2.45, 2.75) is 12.8 Å². The molecule has 8 heavy (non-hydrogen) atoms. The monoisotopic (exact) mass is 225 g/mol. The van der Waals surface area contributed by atoms with Crippen LogP contribution in [0.1, 0.15) is 12.8 Å². The molecule has 0 aromatic heterocycles. The smallest absolute Gasteiger partial charge is 0.211 e. The lowest BCUT2D eigenvalue weighted by atomic mass is 10.3. The summed E-state index contributed by atoms with van der Waals surface area (Å²) >= 11 is 2.30. The second kappa shape index (κ2) is 7.11. The topological polar surface area (TPSA) is 29.4 Å². The molecule has 0 aromatic carbocycles. The van der Waals surface area contributed by atoms with Gasteiger partial charge in [-0.25, -0.2) is 9.79 Å². The lowest BCUT2D eigenvalue weighted by Crippen LogP contribution is -1.79. The van der Waals surface area contributed by atoms with Gasteiger partial charge in [0.05, 0.1) is 6.54 Å².